The number of esters is 1. The summed E-state index contributed by atoms with van der Waals surface area (Å²) >= 11 is 0. The van der Waals surface area contributed by atoms with Gasteiger partial charge in [-0.05, 0) is 25.0 Å². The van der Waals surface area contributed by atoms with Gasteiger partial charge in [-0.2, -0.15) is 0 Å². The van der Waals surface area contributed by atoms with Gasteiger partial charge in [0.25, 0.3) is 0 Å². The van der Waals surface area contributed by atoms with E-state index < -0.39 is 12.1 Å². The zero-order valence-electron chi connectivity index (χ0n) is 9.98. The van der Waals surface area contributed by atoms with Crippen LogP contribution < -0.4 is 0 Å². The Morgan fingerprint density at radius 3 is 2.94 bits per heavy atom. The number of aliphatic hydroxyl groups is 1. The van der Waals surface area contributed by atoms with Gasteiger partial charge >= 0.3 is 5.97 Å². The molecule has 0 aliphatic heterocycles. The maximum absolute atomic E-state index is 11.1. The second-order valence-electron chi connectivity index (χ2n) is 3.95. The van der Waals surface area contributed by atoms with Crippen molar-refractivity contribution in [1.82, 2.24) is 0 Å². The first kappa shape index (κ1) is 13.5. The van der Waals surface area contributed by atoms with E-state index in [0.29, 0.717) is 18.4 Å². The van der Waals surface area contributed by atoms with Crippen molar-refractivity contribution in [1.29, 1.82) is 0 Å². The fourth-order valence-corrected chi connectivity index (χ4v) is 1.32. The summed E-state index contributed by atoms with van der Waals surface area (Å²) in [7, 11) is 0. The molecule has 0 bridgehead atoms. The zero-order chi connectivity index (χ0) is 12.7. The minimum atomic E-state index is -0.522. The number of hydrogen-bond donors (Lipinski definition) is 1. The minimum absolute atomic E-state index is 0.208. The molecule has 0 heterocycles. The highest BCUT2D eigenvalue weighted by Gasteiger charge is 2.08. The van der Waals surface area contributed by atoms with Crippen LogP contribution in [0.15, 0.2) is 36.4 Å². The number of carbonyl (C=O) groups excluding carboxylic acids is 1. The fraction of sp³-hybridized carbons (Fsp3) is 0.357. The Balaban J connectivity index is 2.24. The van der Waals surface area contributed by atoms with Gasteiger partial charge in [-0.15, -0.1) is 0 Å². The zero-order valence-corrected chi connectivity index (χ0v) is 9.98. The summed E-state index contributed by atoms with van der Waals surface area (Å²) in [4.78, 5) is 11.1. The van der Waals surface area contributed by atoms with Gasteiger partial charge in [-0.3, -0.25) is 0 Å². The highest BCUT2D eigenvalue weighted by atomic mass is 16.5. The van der Waals surface area contributed by atoms with Crippen molar-refractivity contribution in [2.24, 2.45) is 0 Å². The molecule has 1 aromatic carbocycles. The van der Waals surface area contributed by atoms with Crippen LogP contribution in [0.2, 0.25) is 0 Å². The highest BCUT2D eigenvalue weighted by molar-refractivity contribution is 5.86. The molecule has 1 rings (SSSR count). The number of carbonyl (C=O) groups is 1. The summed E-state index contributed by atoms with van der Waals surface area (Å²) in [6, 6.07) is 10.5. The Hall–Kier alpha value is -1.61. The molecule has 1 atom stereocenters. The monoisotopic (exact) mass is 233 g/mol. The SMILES string of the molecule is C=C(C)C(=O)OCCC(O)Cc1[c]cccc1. The van der Waals surface area contributed by atoms with Gasteiger partial charge in [-0.25, -0.2) is 4.79 Å². The van der Waals surface area contributed by atoms with E-state index in [0.717, 1.165) is 5.56 Å². The number of aliphatic hydroxyl groups excluding tert-OH is 1. The third-order valence-corrected chi connectivity index (χ3v) is 2.26. The number of hydrogen-bond acceptors (Lipinski definition) is 3. The predicted octanol–water partition coefficient (Wildman–Crippen LogP) is 1.90. The van der Waals surface area contributed by atoms with E-state index in [1.165, 1.54) is 0 Å². The first-order chi connectivity index (χ1) is 8.09. The molecule has 0 saturated carbocycles. The maximum Gasteiger partial charge on any atom is 0.333 e. The number of rotatable bonds is 6. The van der Waals surface area contributed by atoms with Crippen LogP contribution in [-0.2, 0) is 16.0 Å². The molecular weight excluding hydrogens is 216 g/mol. The molecular formula is C14H17O3. The largest absolute Gasteiger partial charge is 0.462 e. The molecule has 0 amide bonds. The lowest BCUT2D eigenvalue weighted by Crippen LogP contribution is -2.16. The smallest absolute Gasteiger partial charge is 0.333 e. The number of ether oxygens (including phenoxy) is 1. The summed E-state index contributed by atoms with van der Waals surface area (Å²) in [5.74, 6) is -0.413. The molecule has 3 nitrogen and oxygen atoms in total. The molecule has 0 aliphatic rings. The molecule has 0 fully saturated rings. The average Bonchev–Trinajstić information content (AvgIpc) is 2.30. The molecule has 1 unspecified atom stereocenters. The van der Waals surface area contributed by atoms with Crippen LogP contribution in [0.5, 0.6) is 0 Å². The van der Waals surface area contributed by atoms with Gasteiger partial charge in [0, 0.05) is 12.0 Å². The molecule has 0 saturated heterocycles. The van der Waals surface area contributed by atoms with E-state index in [1.54, 1.807) is 6.92 Å². The first-order valence-electron chi connectivity index (χ1n) is 5.56. The minimum Gasteiger partial charge on any atom is -0.462 e. The lowest BCUT2D eigenvalue weighted by molar-refractivity contribution is -0.139. The van der Waals surface area contributed by atoms with Gasteiger partial charge in [0.05, 0.1) is 12.7 Å². The Labute approximate surface area is 102 Å². The van der Waals surface area contributed by atoms with Crippen LogP contribution in [0, 0.1) is 6.07 Å². The number of benzene rings is 1. The van der Waals surface area contributed by atoms with E-state index in [-0.39, 0.29) is 6.61 Å². The van der Waals surface area contributed by atoms with Crippen molar-refractivity contribution in [2.75, 3.05) is 6.61 Å². The third kappa shape index (κ3) is 5.31. The van der Waals surface area contributed by atoms with Crippen molar-refractivity contribution in [3.05, 3.63) is 48.0 Å². The van der Waals surface area contributed by atoms with Gasteiger partial charge in [-0.1, -0.05) is 30.8 Å². The van der Waals surface area contributed by atoms with E-state index in [2.05, 4.69) is 12.6 Å². The van der Waals surface area contributed by atoms with Crippen molar-refractivity contribution >= 4 is 5.97 Å². The second kappa shape index (κ2) is 6.86. The molecule has 0 aromatic heterocycles. The van der Waals surface area contributed by atoms with Crippen molar-refractivity contribution in [3.8, 4) is 0 Å². The summed E-state index contributed by atoms with van der Waals surface area (Å²) in [6.45, 7) is 5.28. The highest BCUT2D eigenvalue weighted by Crippen LogP contribution is 2.05. The van der Waals surface area contributed by atoms with Gasteiger partial charge in [0.1, 0.15) is 0 Å². The van der Waals surface area contributed by atoms with Crippen molar-refractivity contribution in [3.63, 3.8) is 0 Å². The Bertz CT molecular complexity index is 370. The van der Waals surface area contributed by atoms with Gasteiger partial charge in [0.15, 0.2) is 0 Å². The van der Waals surface area contributed by atoms with Crippen molar-refractivity contribution in [2.45, 2.75) is 25.9 Å². The van der Waals surface area contributed by atoms with Crippen LogP contribution in [-0.4, -0.2) is 23.8 Å². The Kier molecular flexibility index (Phi) is 5.43. The normalized spacial score (nSPS) is 11.9. The van der Waals surface area contributed by atoms with Crippen LogP contribution >= 0.6 is 0 Å². The average molecular weight is 233 g/mol. The topological polar surface area (TPSA) is 46.5 Å². The van der Waals surface area contributed by atoms with Crippen LogP contribution in [0.25, 0.3) is 0 Å². The van der Waals surface area contributed by atoms with Gasteiger partial charge in [0.2, 0.25) is 0 Å². The maximum atomic E-state index is 11.1. The fourth-order valence-electron chi connectivity index (χ4n) is 1.32. The standard InChI is InChI=1S/C14H17O3/c1-11(2)14(16)17-9-8-13(15)10-12-6-4-3-5-7-12/h3-6,13,15H,1,8-10H2,2H3. The lowest BCUT2D eigenvalue weighted by Gasteiger charge is -2.10. The molecule has 91 valence electrons. The van der Waals surface area contributed by atoms with E-state index in [9.17, 15) is 9.90 Å². The van der Waals surface area contributed by atoms with Crippen LogP contribution in [0.1, 0.15) is 18.9 Å². The Morgan fingerprint density at radius 1 is 1.59 bits per heavy atom. The molecule has 1 radical (unpaired) electrons. The quantitative estimate of drug-likeness (QED) is 0.603. The summed E-state index contributed by atoms with van der Waals surface area (Å²) < 4.78 is 4.90. The summed E-state index contributed by atoms with van der Waals surface area (Å²) in [5, 5.41) is 9.72. The molecule has 17 heavy (non-hydrogen) atoms. The summed E-state index contributed by atoms with van der Waals surface area (Å²) in [5.41, 5.74) is 1.32. The Morgan fingerprint density at radius 2 is 2.35 bits per heavy atom. The summed E-state index contributed by atoms with van der Waals surface area (Å²) in [6.07, 6.45) is 0.416. The van der Waals surface area contributed by atoms with Crippen LogP contribution in [0.4, 0.5) is 0 Å². The van der Waals surface area contributed by atoms with E-state index in [1.807, 2.05) is 24.3 Å². The molecule has 1 N–H and O–H groups in total. The lowest BCUT2D eigenvalue weighted by atomic mass is 10.1. The van der Waals surface area contributed by atoms with E-state index in [4.69, 9.17) is 4.74 Å². The second-order valence-corrected chi connectivity index (χ2v) is 3.95. The van der Waals surface area contributed by atoms with Crippen LogP contribution in [0.3, 0.4) is 0 Å². The molecule has 3 heteroatoms. The molecule has 0 spiro atoms. The van der Waals surface area contributed by atoms with Crippen molar-refractivity contribution < 1.29 is 14.6 Å². The van der Waals surface area contributed by atoms with Gasteiger partial charge < -0.3 is 9.84 Å². The first-order valence-corrected chi connectivity index (χ1v) is 5.56. The predicted molar refractivity (Wildman–Crippen MR) is 65.4 cm³/mol. The third-order valence-electron chi connectivity index (χ3n) is 2.26. The van der Waals surface area contributed by atoms with E-state index >= 15 is 0 Å². The molecule has 1 aromatic rings. The molecule has 0 aliphatic carbocycles.